The van der Waals surface area contributed by atoms with Crippen LogP contribution in [0.15, 0.2) is 60.8 Å². The number of carbonyl (C=O) groups excluding carboxylic acids is 3. The van der Waals surface area contributed by atoms with E-state index in [2.05, 4.69) is 81.5 Å². The third kappa shape index (κ3) is 65.9. The fourth-order valence-corrected chi connectivity index (χ4v) is 10.5. The highest BCUT2D eigenvalue weighted by molar-refractivity contribution is 5.71. The summed E-state index contributed by atoms with van der Waals surface area (Å²) in [5.41, 5.74) is 0. The molecule has 0 saturated heterocycles. The Morgan fingerprint density at radius 3 is 0.775 bits per heavy atom. The largest absolute Gasteiger partial charge is 0.462 e. The third-order valence-corrected chi connectivity index (χ3v) is 15.8. The number of rotatable bonds is 65. The smallest absolute Gasteiger partial charge is 0.306 e. The van der Waals surface area contributed by atoms with Crippen molar-refractivity contribution in [1.29, 1.82) is 0 Å². The van der Waals surface area contributed by atoms with Crippen LogP contribution in [0.25, 0.3) is 0 Å². The molecule has 0 N–H and O–H groups in total. The lowest BCUT2D eigenvalue weighted by Crippen LogP contribution is -2.30. The highest BCUT2D eigenvalue weighted by atomic mass is 16.6. The molecule has 0 aliphatic carbocycles. The zero-order valence-corrected chi connectivity index (χ0v) is 53.6. The van der Waals surface area contributed by atoms with Gasteiger partial charge >= 0.3 is 17.9 Å². The summed E-state index contributed by atoms with van der Waals surface area (Å²) in [5.74, 6) is -0.880. The molecule has 0 heterocycles. The minimum Gasteiger partial charge on any atom is -0.462 e. The molecule has 0 aliphatic heterocycles. The van der Waals surface area contributed by atoms with Gasteiger partial charge in [0.15, 0.2) is 6.10 Å². The quantitative estimate of drug-likeness (QED) is 0.0261. The first-order valence-electron chi connectivity index (χ1n) is 35.3. The SMILES string of the molecule is CC/C=C\C/C=C\C/C=C\C/C=C\CCCCCCCCC(=O)OC(COC(=O)CCCCCCC/C=C\CCCCCCCC)COC(=O)CCCCCCCCCCCCCCCCCCCCCCCCCCCCCC. The molecule has 0 fully saturated rings. The molecule has 0 spiro atoms. The summed E-state index contributed by atoms with van der Waals surface area (Å²) >= 11 is 0. The molecule has 0 saturated carbocycles. The molecule has 0 rings (SSSR count). The predicted molar refractivity (Wildman–Crippen MR) is 348 cm³/mol. The van der Waals surface area contributed by atoms with E-state index in [1.54, 1.807) is 0 Å². The van der Waals surface area contributed by atoms with Crippen molar-refractivity contribution >= 4 is 17.9 Å². The number of unbranched alkanes of at least 4 members (excludes halogenated alkanes) is 44. The molecule has 0 aliphatic rings. The highest BCUT2D eigenvalue weighted by Gasteiger charge is 2.19. The number of allylic oxidation sites excluding steroid dienone is 10. The van der Waals surface area contributed by atoms with Gasteiger partial charge in [0.2, 0.25) is 0 Å². The maximum atomic E-state index is 12.9. The molecule has 466 valence electrons. The minimum absolute atomic E-state index is 0.0793. The van der Waals surface area contributed by atoms with E-state index in [1.807, 2.05) is 0 Å². The monoisotopic (exact) mass is 1120 g/mol. The Labute approximate surface area is 498 Å². The molecule has 6 nitrogen and oxygen atoms in total. The van der Waals surface area contributed by atoms with Gasteiger partial charge in [-0.1, -0.05) is 332 Å². The lowest BCUT2D eigenvalue weighted by Gasteiger charge is -2.18. The summed E-state index contributed by atoms with van der Waals surface area (Å²) in [6, 6.07) is 0. The summed E-state index contributed by atoms with van der Waals surface area (Å²) in [7, 11) is 0. The second-order valence-electron chi connectivity index (χ2n) is 23.8. The van der Waals surface area contributed by atoms with Gasteiger partial charge in [-0.3, -0.25) is 14.4 Å². The molecule has 0 aromatic carbocycles. The fourth-order valence-electron chi connectivity index (χ4n) is 10.5. The van der Waals surface area contributed by atoms with Crippen LogP contribution in [0.3, 0.4) is 0 Å². The third-order valence-electron chi connectivity index (χ3n) is 15.8. The van der Waals surface area contributed by atoms with Crippen molar-refractivity contribution in [2.45, 2.75) is 380 Å². The van der Waals surface area contributed by atoms with E-state index in [9.17, 15) is 14.4 Å². The fraction of sp³-hybridized carbons (Fsp3) is 0.824. The zero-order valence-electron chi connectivity index (χ0n) is 53.6. The first kappa shape index (κ1) is 77.1. The van der Waals surface area contributed by atoms with Crippen molar-refractivity contribution in [3.63, 3.8) is 0 Å². The van der Waals surface area contributed by atoms with E-state index in [1.165, 1.54) is 231 Å². The van der Waals surface area contributed by atoms with Gasteiger partial charge in [0.05, 0.1) is 0 Å². The first-order valence-corrected chi connectivity index (χ1v) is 35.3. The number of hydrogen-bond donors (Lipinski definition) is 0. The van der Waals surface area contributed by atoms with E-state index >= 15 is 0 Å². The van der Waals surface area contributed by atoms with E-state index in [0.29, 0.717) is 19.3 Å². The van der Waals surface area contributed by atoms with Crippen LogP contribution in [-0.4, -0.2) is 37.2 Å². The van der Waals surface area contributed by atoms with Gasteiger partial charge in [-0.2, -0.15) is 0 Å². The van der Waals surface area contributed by atoms with Crippen LogP contribution >= 0.6 is 0 Å². The molecule has 0 amide bonds. The molecule has 80 heavy (non-hydrogen) atoms. The Morgan fingerprint density at radius 1 is 0.263 bits per heavy atom. The lowest BCUT2D eigenvalue weighted by atomic mass is 10.0. The normalized spacial score (nSPS) is 12.4. The van der Waals surface area contributed by atoms with Crippen LogP contribution in [0, 0.1) is 0 Å². The summed E-state index contributed by atoms with van der Waals surface area (Å²) in [6.45, 7) is 6.57. The van der Waals surface area contributed by atoms with E-state index in [0.717, 1.165) is 103 Å². The van der Waals surface area contributed by atoms with Gasteiger partial charge in [-0.25, -0.2) is 0 Å². The predicted octanol–water partition coefficient (Wildman–Crippen LogP) is 24.3. The molecular weight excluding hydrogens is 985 g/mol. The molecule has 0 aromatic rings. The van der Waals surface area contributed by atoms with Gasteiger partial charge in [0.1, 0.15) is 13.2 Å². The molecular formula is C74H134O6. The first-order chi connectivity index (χ1) is 39.5. The topological polar surface area (TPSA) is 78.9 Å². The van der Waals surface area contributed by atoms with Gasteiger partial charge in [-0.05, 0) is 83.5 Å². The Balaban J connectivity index is 4.25. The van der Waals surface area contributed by atoms with E-state index in [4.69, 9.17) is 14.2 Å². The molecule has 1 atom stereocenters. The second kappa shape index (κ2) is 68.6. The van der Waals surface area contributed by atoms with Crippen molar-refractivity contribution in [2.75, 3.05) is 13.2 Å². The van der Waals surface area contributed by atoms with Crippen molar-refractivity contribution < 1.29 is 28.6 Å². The molecule has 6 heteroatoms. The van der Waals surface area contributed by atoms with Gasteiger partial charge < -0.3 is 14.2 Å². The minimum atomic E-state index is -0.786. The van der Waals surface area contributed by atoms with Crippen LogP contribution in [0.4, 0.5) is 0 Å². The van der Waals surface area contributed by atoms with Crippen molar-refractivity contribution in [3.8, 4) is 0 Å². The molecule has 1 unspecified atom stereocenters. The van der Waals surface area contributed by atoms with Crippen LogP contribution in [-0.2, 0) is 28.6 Å². The van der Waals surface area contributed by atoms with E-state index < -0.39 is 6.10 Å². The summed E-state index contributed by atoms with van der Waals surface area (Å²) in [4.78, 5) is 38.4. The van der Waals surface area contributed by atoms with Gasteiger partial charge in [0, 0.05) is 19.3 Å². The Kier molecular flexibility index (Phi) is 66.1. The Morgan fingerprint density at radius 2 is 0.487 bits per heavy atom. The van der Waals surface area contributed by atoms with Crippen LogP contribution in [0.5, 0.6) is 0 Å². The Hall–Kier alpha value is -2.89. The molecule has 0 aromatic heterocycles. The zero-order chi connectivity index (χ0) is 57.8. The average molecular weight is 1120 g/mol. The van der Waals surface area contributed by atoms with Crippen molar-refractivity contribution in [1.82, 2.24) is 0 Å². The second-order valence-corrected chi connectivity index (χ2v) is 23.8. The number of carbonyl (C=O) groups is 3. The standard InChI is InChI=1S/C74H134O6/c1-4-7-10-13-16-19-22-25-28-30-32-33-34-35-36-37-38-39-40-42-43-46-49-52-55-58-61-64-67-73(76)79-70-71(69-78-72(75)66-63-60-57-54-51-48-45-27-24-21-18-15-12-9-6-3)80-74(77)68-65-62-59-56-53-50-47-44-41-31-29-26-23-20-17-14-11-8-5-2/h8,11,17,20,26-27,29,41,44-45,71H,4-7,9-10,12-16,18-19,21-25,28,30-40,42-43,46-70H2,1-3H3/b11-8-,20-17-,29-26-,44-41-,45-27-. The van der Waals surface area contributed by atoms with E-state index in [-0.39, 0.29) is 31.1 Å². The van der Waals surface area contributed by atoms with Crippen molar-refractivity contribution in [2.24, 2.45) is 0 Å². The lowest BCUT2D eigenvalue weighted by molar-refractivity contribution is -0.167. The van der Waals surface area contributed by atoms with Gasteiger partial charge in [0.25, 0.3) is 0 Å². The van der Waals surface area contributed by atoms with Gasteiger partial charge in [-0.15, -0.1) is 0 Å². The molecule has 0 bridgehead atoms. The average Bonchev–Trinajstić information content (AvgIpc) is 3.46. The number of esters is 3. The van der Waals surface area contributed by atoms with Crippen molar-refractivity contribution in [3.05, 3.63) is 60.8 Å². The van der Waals surface area contributed by atoms with Crippen LogP contribution in [0.1, 0.15) is 374 Å². The summed E-state index contributed by atoms with van der Waals surface area (Å²) < 4.78 is 17.0. The summed E-state index contributed by atoms with van der Waals surface area (Å²) in [6.07, 6.45) is 88.3. The summed E-state index contributed by atoms with van der Waals surface area (Å²) in [5, 5.41) is 0. The number of ether oxygens (including phenoxy) is 3. The van der Waals surface area contributed by atoms with Crippen LogP contribution in [0.2, 0.25) is 0 Å². The maximum absolute atomic E-state index is 12.9. The number of hydrogen-bond acceptors (Lipinski definition) is 6. The van der Waals surface area contributed by atoms with Crippen LogP contribution < -0.4 is 0 Å². The highest BCUT2D eigenvalue weighted by Crippen LogP contribution is 2.18. The molecule has 0 radical (unpaired) electrons. The maximum Gasteiger partial charge on any atom is 0.306 e. The Bertz CT molecular complexity index is 1430.